The van der Waals surface area contributed by atoms with Crippen LogP contribution < -0.4 is 10.6 Å². The zero-order valence-corrected chi connectivity index (χ0v) is 20.4. The number of nitrogens with one attached hydrogen (secondary N) is 2. The molecule has 0 aromatic heterocycles. The van der Waals surface area contributed by atoms with E-state index in [4.69, 9.17) is 0 Å². The Morgan fingerprint density at radius 3 is 2.20 bits per heavy atom. The maximum Gasteiger partial charge on any atom is 0.251 e. The summed E-state index contributed by atoms with van der Waals surface area (Å²) in [4.78, 5) is 12.4. The van der Waals surface area contributed by atoms with Crippen LogP contribution in [0.1, 0.15) is 72.4 Å². The average molecular weight is 411 g/mol. The van der Waals surface area contributed by atoms with Crippen LogP contribution in [0.4, 0.5) is 0 Å². The van der Waals surface area contributed by atoms with E-state index in [9.17, 15) is 4.79 Å². The lowest BCUT2D eigenvalue weighted by Gasteiger charge is -2.16. The SMILES string of the molecule is C=C(C)C1=C(/C=C/C)C(=O)NCC/C1=C(/C)c1ccc(CNC)cc1.CC.CCC. The summed E-state index contributed by atoms with van der Waals surface area (Å²) in [7, 11) is 1.95. The molecule has 1 aromatic carbocycles. The van der Waals surface area contributed by atoms with Gasteiger partial charge in [0, 0.05) is 18.7 Å². The summed E-state index contributed by atoms with van der Waals surface area (Å²) in [5.74, 6) is -0.0248. The molecule has 30 heavy (non-hydrogen) atoms. The molecule has 1 amide bonds. The standard InChI is InChI=1S/C22H28N2O.C3H8.C2H6/c1-6-7-20-21(15(2)3)19(12-13-24-22(20)25)16(4)18-10-8-17(9-11-18)14-23-5;1-3-2;1-2/h6-11,23H,2,12-14H2,1,3-5H3,(H,24,25);3H2,1-2H3;1-2H3/b7-6+,19-16+;;. The molecule has 2 N–H and O–H groups in total. The van der Waals surface area contributed by atoms with Crippen LogP contribution in [-0.2, 0) is 11.3 Å². The molecule has 2 rings (SSSR count). The first-order valence-corrected chi connectivity index (χ1v) is 11.2. The van der Waals surface area contributed by atoms with Crippen molar-refractivity contribution >= 4 is 11.5 Å². The summed E-state index contributed by atoms with van der Waals surface area (Å²) in [6.07, 6.45) is 5.84. The van der Waals surface area contributed by atoms with E-state index in [-0.39, 0.29) is 5.91 Å². The van der Waals surface area contributed by atoms with Gasteiger partial charge in [-0.1, -0.05) is 77.1 Å². The van der Waals surface area contributed by atoms with Crippen LogP contribution in [0.3, 0.4) is 0 Å². The van der Waals surface area contributed by atoms with Gasteiger partial charge in [0.25, 0.3) is 5.91 Å². The van der Waals surface area contributed by atoms with E-state index in [0.717, 1.165) is 24.1 Å². The molecule has 0 atom stereocenters. The third-order valence-corrected chi connectivity index (χ3v) is 4.46. The van der Waals surface area contributed by atoms with Crippen molar-refractivity contribution in [3.8, 4) is 0 Å². The van der Waals surface area contributed by atoms with Crippen LogP contribution in [0.5, 0.6) is 0 Å². The van der Waals surface area contributed by atoms with E-state index in [2.05, 4.69) is 62.2 Å². The minimum atomic E-state index is -0.0248. The minimum Gasteiger partial charge on any atom is -0.352 e. The zero-order valence-electron chi connectivity index (χ0n) is 20.4. The lowest BCUT2D eigenvalue weighted by Crippen LogP contribution is -2.23. The van der Waals surface area contributed by atoms with Gasteiger partial charge in [-0.25, -0.2) is 0 Å². The Morgan fingerprint density at radius 1 is 1.17 bits per heavy atom. The van der Waals surface area contributed by atoms with Crippen LogP contribution in [0.25, 0.3) is 5.57 Å². The Morgan fingerprint density at radius 2 is 1.73 bits per heavy atom. The van der Waals surface area contributed by atoms with Crippen LogP contribution in [-0.4, -0.2) is 19.5 Å². The summed E-state index contributed by atoms with van der Waals surface area (Å²) in [6.45, 7) is 19.9. The fraction of sp³-hybridized carbons (Fsp3) is 0.444. The molecule has 1 aliphatic rings. The molecule has 0 fully saturated rings. The first kappa shape index (κ1) is 27.6. The largest absolute Gasteiger partial charge is 0.352 e. The van der Waals surface area contributed by atoms with Crippen molar-refractivity contribution in [1.29, 1.82) is 0 Å². The van der Waals surface area contributed by atoms with E-state index in [1.165, 1.54) is 28.7 Å². The Bertz CT molecular complexity index is 765. The first-order chi connectivity index (χ1) is 14.4. The molecule has 1 aromatic rings. The van der Waals surface area contributed by atoms with Crippen molar-refractivity contribution in [3.05, 3.63) is 76.4 Å². The Hall–Kier alpha value is -2.39. The van der Waals surface area contributed by atoms with Crippen molar-refractivity contribution in [2.45, 2.75) is 67.9 Å². The zero-order chi connectivity index (χ0) is 23.1. The Balaban J connectivity index is 0.00000154. The van der Waals surface area contributed by atoms with E-state index in [0.29, 0.717) is 12.1 Å². The van der Waals surface area contributed by atoms with Gasteiger partial charge in [0.1, 0.15) is 0 Å². The van der Waals surface area contributed by atoms with Gasteiger partial charge >= 0.3 is 0 Å². The van der Waals surface area contributed by atoms with Gasteiger partial charge in [0.05, 0.1) is 0 Å². The highest BCUT2D eigenvalue weighted by atomic mass is 16.1. The molecule has 1 aliphatic heterocycles. The molecule has 3 heteroatoms. The third kappa shape index (κ3) is 8.16. The molecule has 0 bridgehead atoms. The Labute approximate surface area is 185 Å². The smallest absolute Gasteiger partial charge is 0.251 e. The minimum absolute atomic E-state index is 0.0248. The second-order valence-corrected chi connectivity index (χ2v) is 7.11. The molecular weight excluding hydrogens is 368 g/mol. The second-order valence-electron chi connectivity index (χ2n) is 7.11. The van der Waals surface area contributed by atoms with Gasteiger partial charge in [-0.15, -0.1) is 0 Å². The van der Waals surface area contributed by atoms with Gasteiger partial charge in [0.15, 0.2) is 0 Å². The second kappa shape index (κ2) is 15.4. The molecule has 0 saturated heterocycles. The van der Waals surface area contributed by atoms with E-state index >= 15 is 0 Å². The number of benzene rings is 1. The number of allylic oxidation sites excluding steroid dienone is 4. The fourth-order valence-electron chi connectivity index (χ4n) is 3.24. The van der Waals surface area contributed by atoms with E-state index < -0.39 is 0 Å². The lowest BCUT2D eigenvalue weighted by molar-refractivity contribution is -0.117. The Kier molecular flexibility index (Phi) is 14.2. The van der Waals surface area contributed by atoms with Gasteiger partial charge < -0.3 is 10.6 Å². The maximum absolute atomic E-state index is 12.4. The summed E-state index contributed by atoms with van der Waals surface area (Å²) < 4.78 is 0. The summed E-state index contributed by atoms with van der Waals surface area (Å²) in [5, 5.41) is 6.16. The molecule has 0 spiro atoms. The van der Waals surface area contributed by atoms with Gasteiger partial charge in [0.2, 0.25) is 0 Å². The van der Waals surface area contributed by atoms with Crippen molar-refractivity contribution in [3.63, 3.8) is 0 Å². The molecule has 166 valence electrons. The maximum atomic E-state index is 12.4. The first-order valence-electron chi connectivity index (χ1n) is 11.2. The number of hydrogen-bond acceptors (Lipinski definition) is 2. The predicted molar refractivity (Wildman–Crippen MR) is 133 cm³/mol. The highest BCUT2D eigenvalue weighted by Gasteiger charge is 2.22. The molecular formula is C27H42N2O. The van der Waals surface area contributed by atoms with Crippen LogP contribution in [0.15, 0.2) is 65.3 Å². The number of carbonyl (C=O) groups is 1. The molecule has 0 saturated carbocycles. The molecule has 3 nitrogen and oxygen atoms in total. The monoisotopic (exact) mass is 410 g/mol. The highest BCUT2D eigenvalue weighted by molar-refractivity contribution is 6.00. The van der Waals surface area contributed by atoms with Gasteiger partial charge in [-0.3, -0.25) is 4.79 Å². The summed E-state index contributed by atoms with van der Waals surface area (Å²) in [6, 6.07) is 8.60. The summed E-state index contributed by atoms with van der Waals surface area (Å²) >= 11 is 0. The summed E-state index contributed by atoms with van der Waals surface area (Å²) in [5.41, 5.74) is 7.44. The van der Waals surface area contributed by atoms with Gasteiger partial charge in [-0.2, -0.15) is 0 Å². The number of amides is 1. The number of rotatable bonds is 5. The molecule has 0 radical (unpaired) electrons. The molecule has 1 heterocycles. The lowest BCUT2D eigenvalue weighted by atomic mass is 9.87. The van der Waals surface area contributed by atoms with Crippen molar-refractivity contribution in [2.75, 3.05) is 13.6 Å². The van der Waals surface area contributed by atoms with Crippen LogP contribution in [0.2, 0.25) is 0 Å². The number of carbonyl (C=O) groups excluding carboxylic acids is 1. The quantitative estimate of drug-likeness (QED) is 0.575. The predicted octanol–water partition coefficient (Wildman–Crippen LogP) is 6.59. The van der Waals surface area contributed by atoms with E-state index in [1.807, 2.05) is 46.9 Å². The highest BCUT2D eigenvalue weighted by Crippen LogP contribution is 2.33. The van der Waals surface area contributed by atoms with Crippen molar-refractivity contribution < 1.29 is 4.79 Å². The van der Waals surface area contributed by atoms with Crippen LogP contribution in [0, 0.1) is 0 Å². The fourth-order valence-corrected chi connectivity index (χ4v) is 3.24. The third-order valence-electron chi connectivity index (χ3n) is 4.46. The molecule has 0 aliphatic carbocycles. The van der Waals surface area contributed by atoms with Crippen LogP contribution >= 0.6 is 0 Å². The van der Waals surface area contributed by atoms with Gasteiger partial charge in [-0.05, 0) is 67.7 Å². The normalized spacial score (nSPS) is 15.4. The topological polar surface area (TPSA) is 41.1 Å². The molecule has 0 unspecified atom stereocenters. The van der Waals surface area contributed by atoms with Crippen molar-refractivity contribution in [1.82, 2.24) is 10.6 Å². The number of hydrogen-bond donors (Lipinski definition) is 2. The average Bonchev–Trinajstić information content (AvgIpc) is 2.90. The van der Waals surface area contributed by atoms with Crippen molar-refractivity contribution in [2.24, 2.45) is 0 Å². The van der Waals surface area contributed by atoms with E-state index in [1.54, 1.807) is 0 Å².